The van der Waals surface area contributed by atoms with Crippen LogP contribution in [-0.4, -0.2) is 78.7 Å². The van der Waals surface area contributed by atoms with Crippen LogP contribution in [0.4, 0.5) is 0 Å². The summed E-state index contributed by atoms with van der Waals surface area (Å²) in [7, 11) is -3.52. The number of sulfonamides is 1. The van der Waals surface area contributed by atoms with Crippen molar-refractivity contribution in [1.29, 1.82) is 0 Å². The number of amides is 1. The van der Waals surface area contributed by atoms with Crippen molar-refractivity contribution in [2.45, 2.75) is 36.6 Å². The Labute approximate surface area is 155 Å². The van der Waals surface area contributed by atoms with Crippen molar-refractivity contribution in [2.75, 3.05) is 39.3 Å². The van der Waals surface area contributed by atoms with Crippen LogP contribution in [-0.2, 0) is 14.8 Å². The highest BCUT2D eigenvalue weighted by atomic mass is 32.2. The lowest BCUT2D eigenvalue weighted by atomic mass is 10.2. The molecule has 0 radical (unpaired) electrons. The number of pyridine rings is 1. The van der Waals surface area contributed by atoms with Crippen LogP contribution < -0.4 is 0 Å². The van der Waals surface area contributed by atoms with E-state index >= 15 is 0 Å². The summed E-state index contributed by atoms with van der Waals surface area (Å²) in [6.45, 7) is 4.03. The molecule has 2 saturated heterocycles. The van der Waals surface area contributed by atoms with Gasteiger partial charge in [-0.05, 0) is 43.7 Å². The first-order chi connectivity index (χ1) is 12.6. The maximum absolute atomic E-state index is 12.8. The molecular formula is C18H26N4O3S. The topological polar surface area (TPSA) is 73.8 Å². The summed E-state index contributed by atoms with van der Waals surface area (Å²) < 4.78 is 27.1. The van der Waals surface area contributed by atoms with Gasteiger partial charge in [0.25, 0.3) is 0 Å². The van der Waals surface area contributed by atoms with E-state index in [-0.39, 0.29) is 16.8 Å². The number of likely N-dealkylation sites (tertiary alicyclic amines) is 1. The molecular weight excluding hydrogens is 352 g/mol. The van der Waals surface area contributed by atoms with E-state index in [1.807, 2.05) is 4.90 Å². The molecule has 0 spiro atoms. The smallest absolute Gasteiger partial charge is 0.244 e. The van der Waals surface area contributed by atoms with Gasteiger partial charge < -0.3 is 4.90 Å². The predicted molar refractivity (Wildman–Crippen MR) is 96.9 cm³/mol. The standard InChI is InChI=1S/C18H26N4O3S/c23-18-17(6-10-21(18)14-15-4-5-15)20-8-2-9-22(12-11-20)26(24,25)16-3-1-7-19-13-16/h1,3,7,13,15,17H,2,4-6,8-12,14H2. The Bertz CT molecular complexity index is 751. The zero-order valence-electron chi connectivity index (χ0n) is 15.0. The van der Waals surface area contributed by atoms with Crippen molar-refractivity contribution in [3.8, 4) is 0 Å². The zero-order chi connectivity index (χ0) is 18.1. The first-order valence-electron chi connectivity index (χ1n) is 9.49. The van der Waals surface area contributed by atoms with Crippen molar-refractivity contribution in [3.63, 3.8) is 0 Å². The van der Waals surface area contributed by atoms with E-state index in [9.17, 15) is 13.2 Å². The molecule has 3 aliphatic rings. The summed E-state index contributed by atoms with van der Waals surface area (Å²) in [5.74, 6) is 0.947. The zero-order valence-corrected chi connectivity index (χ0v) is 15.8. The summed E-state index contributed by atoms with van der Waals surface area (Å²) in [5, 5.41) is 0. The molecule has 1 amide bonds. The summed E-state index contributed by atoms with van der Waals surface area (Å²) in [5.41, 5.74) is 0. The van der Waals surface area contributed by atoms with E-state index in [4.69, 9.17) is 0 Å². The number of hydrogen-bond acceptors (Lipinski definition) is 5. The molecule has 1 saturated carbocycles. The fraction of sp³-hybridized carbons (Fsp3) is 0.667. The van der Waals surface area contributed by atoms with E-state index in [0.717, 1.165) is 32.5 Å². The minimum absolute atomic E-state index is 0.0743. The second-order valence-corrected chi connectivity index (χ2v) is 9.45. The van der Waals surface area contributed by atoms with E-state index in [1.165, 1.54) is 23.3 Å². The van der Waals surface area contributed by atoms with Gasteiger partial charge in [0, 0.05) is 51.7 Å². The molecule has 1 unspecified atom stereocenters. The molecule has 4 rings (SSSR count). The van der Waals surface area contributed by atoms with E-state index in [0.29, 0.717) is 25.6 Å². The summed E-state index contributed by atoms with van der Waals surface area (Å²) in [6, 6.07) is 3.15. The Balaban J connectivity index is 1.40. The fourth-order valence-electron chi connectivity index (χ4n) is 3.97. The first kappa shape index (κ1) is 17.9. The molecule has 1 aromatic rings. The quantitative estimate of drug-likeness (QED) is 0.757. The van der Waals surface area contributed by atoms with Crippen LogP contribution in [0.25, 0.3) is 0 Å². The Morgan fingerprint density at radius 1 is 1.08 bits per heavy atom. The Hall–Kier alpha value is -1.51. The van der Waals surface area contributed by atoms with Crippen LogP contribution in [0.3, 0.4) is 0 Å². The van der Waals surface area contributed by atoms with E-state index in [1.54, 1.807) is 18.3 Å². The number of nitrogens with zero attached hydrogens (tertiary/aromatic N) is 4. The largest absolute Gasteiger partial charge is 0.341 e. The number of hydrogen-bond donors (Lipinski definition) is 0. The molecule has 142 valence electrons. The highest BCUT2D eigenvalue weighted by Crippen LogP contribution is 2.32. The third kappa shape index (κ3) is 3.63. The van der Waals surface area contributed by atoms with Gasteiger partial charge in [0.2, 0.25) is 15.9 Å². The molecule has 0 N–H and O–H groups in total. The third-order valence-corrected chi connectivity index (χ3v) is 7.53. The molecule has 8 heteroatoms. The van der Waals surface area contributed by atoms with Crippen molar-refractivity contribution < 1.29 is 13.2 Å². The van der Waals surface area contributed by atoms with Gasteiger partial charge in [-0.15, -0.1) is 0 Å². The SMILES string of the molecule is O=C1C(N2CCCN(S(=O)(=O)c3cccnc3)CC2)CCN1CC1CC1. The molecule has 0 aromatic carbocycles. The Kier molecular flexibility index (Phi) is 4.98. The Morgan fingerprint density at radius 3 is 2.65 bits per heavy atom. The van der Waals surface area contributed by atoms with E-state index in [2.05, 4.69) is 9.88 Å². The van der Waals surface area contributed by atoms with Crippen LogP contribution >= 0.6 is 0 Å². The average Bonchev–Trinajstić information content (AvgIpc) is 3.43. The molecule has 0 bridgehead atoms. The van der Waals surface area contributed by atoms with Gasteiger partial charge in [-0.25, -0.2) is 8.42 Å². The molecule has 2 aliphatic heterocycles. The summed E-state index contributed by atoms with van der Waals surface area (Å²) in [6.07, 6.45) is 7.07. The molecule has 1 aliphatic carbocycles. The van der Waals surface area contributed by atoms with Crippen LogP contribution in [0, 0.1) is 5.92 Å². The van der Waals surface area contributed by atoms with Gasteiger partial charge in [0.05, 0.1) is 6.04 Å². The van der Waals surface area contributed by atoms with Crippen LogP contribution in [0.5, 0.6) is 0 Å². The lowest BCUT2D eigenvalue weighted by Gasteiger charge is -2.26. The van der Waals surface area contributed by atoms with Crippen molar-refractivity contribution in [3.05, 3.63) is 24.5 Å². The molecule has 26 heavy (non-hydrogen) atoms. The third-order valence-electron chi connectivity index (χ3n) is 5.65. The second-order valence-electron chi connectivity index (χ2n) is 7.51. The second kappa shape index (κ2) is 7.25. The van der Waals surface area contributed by atoms with Gasteiger partial charge in [-0.2, -0.15) is 4.31 Å². The highest BCUT2D eigenvalue weighted by Gasteiger charge is 2.39. The maximum atomic E-state index is 12.8. The van der Waals surface area contributed by atoms with Crippen molar-refractivity contribution in [2.24, 2.45) is 5.92 Å². The monoisotopic (exact) mass is 378 g/mol. The van der Waals surface area contributed by atoms with E-state index < -0.39 is 10.0 Å². The van der Waals surface area contributed by atoms with Crippen LogP contribution in [0.15, 0.2) is 29.4 Å². The maximum Gasteiger partial charge on any atom is 0.244 e. The van der Waals surface area contributed by atoms with Crippen molar-refractivity contribution in [1.82, 2.24) is 19.1 Å². The fourth-order valence-corrected chi connectivity index (χ4v) is 5.40. The van der Waals surface area contributed by atoms with Gasteiger partial charge >= 0.3 is 0 Å². The highest BCUT2D eigenvalue weighted by molar-refractivity contribution is 7.89. The molecule has 7 nitrogen and oxygen atoms in total. The predicted octanol–water partition coefficient (Wildman–Crippen LogP) is 0.789. The number of aromatic nitrogens is 1. The summed E-state index contributed by atoms with van der Waals surface area (Å²) >= 11 is 0. The van der Waals surface area contributed by atoms with Gasteiger partial charge in [0.15, 0.2) is 0 Å². The lowest BCUT2D eigenvalue weighted by molar-refractivity contribution is -0.132. The number of carbonyl (C=O) groups is 1. The van der Waals surface area contributed by atoms with Crippen molar-refractivity contribution >= 4 is 15.9 Å². The van der Waals surface area contributed by atoms with Crippen LogP contribution in [0.2, 0.25) is 0 Å². The number of carbonyl (C=O) groups excluding carboxylic acids is 1. The molecule has 3 heterocycles. The van der Waals surface area contributed by atoms with Gasteiger partial charge in [-0.3, -0.25) is 14.7 Å². The molecule has 3 fully saturated rings. The lowest BCUT2D eigenvalue weighted by Crippen LogP contribution is -2.44. The van der Waals surface area contributed by atoms with Crippen LogP contribution in [0.1, 0.15) is 25.7 Å². The molecule has 1 aromatic heterocycles. The Morgan fingerprint density at radius 2 is 1.92 bits per heavy atom. The minimum atomic E-state index is -3.52. The van der Waals surface area contributed by atoms with Gasteiger partial charge in [-0.1, -0.05) is 0 Å². The molecule has 1 atom stereocenters. The first-order valence-corrected chi connectivity index (χ1v) is 10.9. The van der Waals surface area contributed by atoms with Gasteiger partial charge in [0.1, 0.15) is 4.90 Å². The number of rotatable bonds is 5. The average molecular weight is 378 g/mol. The minimum Gasteiger partial charge on any atom is -0.341 e. The normalized spacial score (nSPS) is 26.2. The summed E-state index contributed by atoms with van der Waals surface area (Å²) in [4.78, 5) is 21.1.